The second-order valence-corrected chi connectivity index (χ2v) is 4.67. The maximum absolute atomic E-state index is 14.0. The highest BCUT2D eigenvalue weighted by Gasteiger charge is 2.22. The summed E-state index contributed by atoms with van der Waals surface area (Å²) in [6, 6.07) is 7.63. The fraction of sp³-hybridized carbons (Fsp3) is 0. The number of nitrogens with two attached hydrogens (primary N) is 1. The lowest BCUT2D eigenvalue weighted by atomic mass is 9.96. The number of aromatic nitrogens is 1. The molecule has 0 spiro atoms. The van der Waals surface area contributed by atoms with Gasteiger partial charge >= 0.3 is 0 Å². The van der Waals surface area contributed by atoms with Crippen LogP contribution in [-0.2, 0) is 0 Å². The molecule has 0 saturated carbocycles. The van der Waals surface area contributed by atoms with E-state index in [9.17, 15) is 9.18 Å². The molecule has 1 aromatic heterocycles. The Balaban J connectivity index is 3.05. The summed E-state index contributed by atoms with van der Waals surface area (Å²) in [6.45, 7) is 0. The molecule has 2 rings (SSSR count). The van der Waals surface area contributed by atoms with Crippen molar-refractivity contribution in [2.24, 2.45) is 0 Å². The first-order chi connectivity index (χ1) is 9.51. The van der Waals surface area contributed by atoms with Crippen molar-refractivity contribution >= 4 is 21.7 Å². The van der Waals surface area contributed by atoms with Gasteiger partial charge in [0.15, 0.2) is 0 Å². The SMILES string of the molecule is N#Cc1c(N)[nH]c(=O)c(C#N)c1-c1c(F)cccc1Br. The molecular weight excluding hydrogens is 327 g/mol. The third kappa shape index (κ3) is 2.04. The molecule has 0 unspecified atom stereocenters. The van der Waals surface area contributed by atoms with Crippen molar-refractivity contribution in [1.82, 2.24) is 4.98 Å². The Morgan fingerprint density at radius 2 is 1.85 bits per heavy atom. The van der Waals surface area contributed by atoms with Crippen LogP contribution < -0.4 is 11.3 Å². The number of H-pyrrole nitrogens is 1. The summed E-state index contributed by atoms with van der Waals surface area (Å²) < 4.78 is 14.3. The number of nitrogens with one attached hydrogen (secondary N) is 1. The van der Waals surface area contributed by atoms with E-state index in [0.717, 1.165) is 0 Å². The molecule has 0 bridgehead atoms. The van der Waals surface area contributed by atoms with Crippen LogP contribution in [0.3, 0.4) is 0 Å². The summed E-state index contributed by atoms with van der Waals surface area (Å²) in [5, 5.41) is 18.2. The molecular formula is C13H6BrFN4O. The van der Waals surface area contributed by atoms with Crippen LogP contribution in [-0.4, -0.2) is 4.98 Å². The van der Waals surface area contributed by atoms with E-state index in [1.165, 1.54) is 18.2 Å². The minimum absolute atomic E-state index is 0.0431. The summed E-state index contributed by atoms with van der Waals surface area (Å²) in [4.78, 5) is 13.9. The Hall–Kier alpha value is -2.64. The molecule has 0 aliphatic heterocycles. The third-order valence-corrected chi connectivity index (χ3v) is 3.34. The van der Waals surface area contributed by atoms with Gasteiger partial charge in [-0.15, -0.1) is 0 Å². The molecule has 0 saturated heterocycles. The Bertz CT molecular complexity index is 825. The zero-order valence-electron chi connectivity index (χ0n) is 9.87. The molecule has 0 aliphatic carbocycles. The molecule has 0 radical (unpaired) electrons. The molecule has 2 aromatic rings. The van der Waals surface area contributed by atoms with E-state index >= 15 is 0 Å². The van der Waals surface area contributed by atoms with E-state index in [1.54, 1.807) is 12.1 Å². The van der Waals surface area contributed by atoms with Gasteiger partial charge in [-0.05, 0) is 12.1 Å². The average molecular weight is 333 g/mol. The van der Waals surface area contributed by atoms with E-state index in [2.05, 4.69) is 20.9 Å². The fourth-order valence-corrected chi connectivity index (χ4v) is 2.37. The van der Waals surface area contributed by atoms with Gasteiger partial charge in [0.05, 0.1) is 0 Å². The van der Waals surface area contributed by atoms with E-state index in [-0.39, 0.29) is 28.1 Å². The minimum Gasteiger partial charge on any atom is -0.384 e. The Labute approximate surface area is 121 Å². The number of halogens is 2. The molecule has 98 valence electrons. The number of pyridine rings is 1. The van der Waals surface area contributed by atoms with E-state index < -0.39 is 11.4 Å². The van der Waals surface area contributed by atoms with Crippen LogP contribution >= 0.6 is 15.9 Å². The van der Waals surface area contributed by atoms with E-state index in [1.807, 2.05) is 0 Å². The number of nitrogens with zero attached hydrogens (tertiary/aromatic N) is 2. The van der Waals surface area contributed by atoms with Gasteiger partial charge in [-0.2, -0.15) is 10.5 Å². The molecule has 5 nitrogen and oxygen atoms in total. The second kappa shape index (κ2) is 5.16. The van der Waals surface area contributed by atoms with Gasteiger partial charge in [-0.1, -0.05) is 22.0 Å². The molecule has 3 N–H and O–H groups in total. The first-order valence-corrected chi connectivity index (χ1v) is 6.10. The van der Waals surface area contributed by atoms with Crippen molar-refractivity contribution in [1.29, 1.82) is 10.5 Å². The van der Waals surface area contributed by atoms with Crippen LogP contribution in [0.5, 0.6) is 0 Å². The standard InChI is InChI=1S/C13H6BrFN4O/c14-8-2-1-3-9(15)11(8)10-6(4-16)12(18)19-13(20)7(10)5-17/h1-3H,(H3,18,19,20). The summed E-state index contributed by atoms with van der Waals surface area (Å²) in [5.41, 5.74) is 4.14. The van der Waals surface area contributed by atoms with Gasteiger partial charge in [0.25, 0.3) is 5.56 Å². The van der Waals surface area contributed by atoms with Gasteiger partial charge in [-0.3, -0.25) is 4.79 Å². The third-order valence-electron chi connectivity index (χ3n) is 2.68. The maximum atomic E-state index is 14.0. The van der Waals surface area contributed by atoms with Gasteiger partial charge < -0.3 is 10.7 Å². The van der Waals surface area contributed by atoms with Gasteiger partial charge in [0, 0.05) is 15.6 Å². The summed E-state index contributed by atoms with van der Waals surface area (Å²) in [5.74, 6) is -0.876. The quantitative estimate of drug-likeness (QED) is 0.835. The summed E-state index contributed by atoms with van der Waals surface area (Å²) in [7, 11) is 0. The molecule has 0 amide bonds. The zero-order chi connectivity index (χ0) is 14.9. The lowest BCUT2D eigenvalue weighted by Gasteiger charge is -2.11. The number of hydrogen-bond donors (Lipinski definition) is 2. The van der Waals surface area contributed by atoms with Crippen LogP contribution in [0.25, 0.3) is 11.1 Å². The molecule has 1 aromatic carbocycles. The minimum atomic E-state index is -0.769. The van der Waals surface area contributed by atoms with Gasteiger partial charge in [0.1, 0.15) is 34.9 Å². The first-order valence-electron chi connectivity index (χ1n) is 5.31. The number of nitriles is 2. The number of anilines is 1. The molecule has 0 fully saturated rings. The predicted molar refractivity (Wildman–Crippen MR) is 74.0 cm³/mol. The molecule has 7 heteroatoms. The van der Waals surface area contributed by atoms with E-state index in [0.29, 0.717) is 4.47 Å². The van der Waals surface area contributed by atoms with Gasteiger partial charge in [-0.25, -0.2) is 4.39 Å². The highest BCUT2D eigenvalue weighted by atomic mass is 79.9. The lowest BCUT2D eigenvalue weighted by Crippen LogP contribution is -2.16. The summed E-state index contributed by atoms with van der Waals surface area (Å²) >= 11 is 3.15. The molecule has 20 heavy (non-hydrogen) atoms. The largest absolute Gasteiger partial charge is 0.384 e. The zero-order valence-corrected chi connectivity index (χ0v) is 11.5. The van der Waals surface area contributed by atoms with Crippen molar-refractivity contribution < 1.29 is 4.39 Å². The van der Waals surface area contributed by atoms with Crippen LogP contribution in [0, 0.1) is 28.5 Å². The van der Waals surface area contributed by atoms with Crippen molar-refractivity contribution in [2.75, 3.05) is 5.73 Å². The highest BCUT2D eigenvalue weighted by Crippen LogP contribution is 2.35. The lowest BCUT2D eigenvalue weighted by molar-refractivity contribution is 0.630. The Morgan fingerprint density at radius 3 is 2.40 bits per heavy atom. The predicted octanol–water partition coefficient (Wildman–Crippen LogP) is 2.27. The number of hydrogen-bond acceptors (Lipinski definition) is 4. The summed E-state index contributed by atoms with van der Waals surface area (Å²) in [6.07, 6.45) is 0. The van der Waals surface area contributed by atoms with Crippen LogP contribution in [0.1, 0.15) is 11.1 Å². The second-order valence-electron chi connectivity index (χ2n) is 3.81. The first kappa shape index (κ1) is 13.8. The van der Waals surface area contributed by atoms with Crippen molar-refractivity contribution in [3.05, 3.63) is 50.0 Å². The molecule has 1 heterocycles. The van der Waals surface area contributed by atoms with Crippen molar-refractivity contribution in [2.45, 2.75) is 0 Å². The number of nitrogen functional groups attached to an aromatic ring is 1. The van der Waals surface area contributed by atoms with Crippen molar-refractivity contribution in [3.8, 4) is 23.3 Å². The average Bonchev–Trinajstić information content (AvgIpc) is 2.38. The smallest absolute Gasteiger partial charge is 0.268 e. The van der Waals surface area contributed by atoms with E-state index in [4.69, 9.17) is 16.3 Å². The number of aromatic amines is 1. The topological polar surface area (TPSA) is 106 Å². The van der Waals surface area contributed by atoms with Crippen molar-refractivity contribution in [3.63, 3.8) is 0 Å². The van der Waals surface area contributed by atoms with Gasteiger partial charge in [0.2, 0.25) is 0 Å². The molecule has 0 atom stereocenters. The molecule has 0 aliphatic rings. The number of benzene rings is 1. The maximum Gasteiger partial charge on any atom is 0.268 e. The fourth-order valence-electron chi connectivity index (χ4n) is 1.83. The van der Waals surface area contributed by atoms with Crippen LogP contribution in [0.15, 0.2) is 27.5 Å². The monoisotopic (exact) mass is 332 g/mol. The number of rotatable bonds is 1. The highest BCUT2D eigenvalue weighted by molar-refractivity contribution is 9.10. The van der Waals surface area contributed by atoms with Crippen LogP contribution in [0.2, 0.25) is 0 Å². The normalized spacial score (nSPS) is 9.80. The Kier molecular flexibility index (Phi) is 3.55. The Morgan fingerprint density at radius 1 is 1.20 bits per heavy atom. The van der Waals surface area contributed by atoms with Crippen LogP contribution in [0.4, 0.5) is 10.2 Å².